The Morgan fingerprint density at radius 1 is 1.37 bits per heavy atom. The van der Waals surface area contributed by atoms with Crippen molar-refractivity contribution in [2.45, 2.75) is 20.0 Å². The zero-order valence-corrected chi connectivity index (χ0v) is 10.5. The van der Waals surface area contributed by atoms with Gasteiger partial charge in [-0.1, -0.05) is 11.6 Å². The SMILES string of the molecule is CC(C)=CCNc1ccc(C(F)(F)F)cc1C(=O)O. The molecule has 0 radical (unpaired) electrons. The van der Waals surface area contributed by atoms with Gasteiger partial charge in [0.15, 0.2) is 0 Å². The number of halogens is 3. The molecule has 0 amide bonds. The van der Waals surface area contributed by atoms with Gasteiger partial charge in [0.25, 0.3) is 0 Å². The molecule has 0 saturated heterocycles. The van der Waals surface area contributed by atoms with Crippen molar-refractivity contribution >= 4 is 11.7 Å². The van der Waals surface area contributed by atoms with Crippen molar-refractivity contribution in [3.63, 3.8) is 0 Å². The standard InChI is InChI=1S/C13H14F3NO2/c1-8(2)5-6-17-11-4-3-9(13(14,15)16)7-10(11)12(18)19/h3-5,7,17H,6H2,1-2H3,(H,18,19). The van der Waals surface area contributed by atoms with Crippen molar-refractivity contribution in [2.24, 2.45) is 0 Å². The zero-order chi connectivity index (χ0) is 14.6. The molecule has 1 aromatic carbocycles. The minimum Gasteiger partial charge on any atom is -0.478 e. The van der Waals surface area contributed by atoms with Gasteiger partial charge in [0, 0.05) is 12.2 Å². The lowest BCUT2D eigenvalue weighted by Gasteiger charge is -2.12. The van der Waals surface area contributed by atoms with Crippen molar-refractivity contribution in [1.29, 1.82) is 0 Å². The summed E-state index contributed by atoms with van der Waals surface area (Å²) in [5.41, 5.74) is -0.177. The summed E-state index contributed by atoms with van der Waals surface area (Å²) in [6.45, 7) is 4.09. The fourth-order valence-electron chi connectivity index (χ4n) is 1.42. The molecule has 0 aromatic heterocycles. The molecule has 0 bridgehead atoms. The monoisotopic (exact) mass is 273 g/mol. The molecule has 0 aliphatic carbocycles. The maximum atomic E-state index is 12.5. The average Bonchev–Trinajstić information content (AvgIpc) is 2.27. The van der Waals surface area contributed by atoms with Crippen LogP contribution < -0.4 is 5.32 Å². The smallest absolute Gasteiger partial charge is 0.416 e. The molecule has 0 atom stereocenters. The van der Waals surface area contributed by atoms with Crippen LogP contribution in [0.15, 0.2) is 29.8 Å². The molecule has 0 aliphatic heterocycles. The van der Waals surface area contributed by atoms with E-state index in [2.05, 4.69) is 5.32 Å². The first-order valence-corrected chi connectivity index (χ1v) is 5.53. The van der Waals surface area contributed by atoms with Crippen molar-refractivity contribution in [2.75, 3.05) is 11.9 Å². The van der Waals surface area contributed by atoms with Crippen molar-refractivity contribution < 1.29 is 23.1 Å². The average molecular weight is 273 g/mol. The number of rotatable bonds is 4. The molecule has 2 N–H and O–H groups in total. The third-order valence-electron chi connectivity index (χ3n) is 2.38. The van der Waals surface area contributed by atoms with Crippen LogP contribution in [0.4, 0.5) is 18.9 Å². The first-order valence-electron chi connectivity index (χ1n) is 5.53. The van der Waals surface area contributed by atoms with E-state index < -0.39 is 23.3 Å². The van der Waals surface area contributed by atoms with Crippen LogP contribution in [-0.4, -0.2) is 17.6 Å². The predicted molar refractivity (Wildman–Crippen MR) is 66.3 cm³/mol. The Morgan fingerprint density at radius 2 is 2.00 bits per heavy atom. The maximum Gasteiger partial charge on any atom is 0.416 e. The highest BCUT2D eigenvalue weighted by Crippen LogP contribution is 2.31. The lowest BCUT2D eigenvalue weighted by Crippen LogP contribution is -2.11. The van der Waals surface area contributed by atoms with Crippen LogP contribution in [0, 0.1) is 0 Å². The summed E-state index contributed by atoms with van der Waals surface area (Å²) < 4.78 is 37.5. The second-order valence-corrected chi connectivity index (χ2v) is 4.23. The Bertz CT molecular complexity index is 503. The van der Waals surface area contributed by atoms with E-state index in [-0.39, 0.29) is 5.69 Å². The van der Waals surface area contributed by atoms with E-state index in [0.29, 0.717) is 12.6 Å². The molecule has 0 heterocycles. The van der Waals surface area contributed by atoms with Gasteiger partial charge in [-0.2, -0.15) is 13.2 Å². The number of hydrogen-bond donors (Lipinski definition) is 2. The Morgan fingerprint density at radius 3 is 2.47 bits per heavy atom. The lowest BCUT2D eigenvalue weighted by molar-refractivity contribution is -0.137. The number of carboxylic acids is 1. The van der Waals surface area contributed by atoms with Gasteiger partial charge < -0.3 is 10.4 Å². The van der Waals surface area contributed by atoms with Gasteiger partial charge in [0.05, 0.1) is 11.1 Å². The van der Waals surface area contributed by atoms with E-state index >= 15 is 0 Å². The summed E-state index contributed by atoms with van der Waals surface area (Å²) in [6, 6.07) is 2.62. The topological polar surface area (TPSA) is 49.3 Å². The Labute approximate surface area is 108 Å². The molecule has 6 heteroatoms. The van der Waals surface area contributed by atoms with E-state index in [1.807, 2.05) is 19.9 Å². The van der Waals surface area contributed by atoms with E-state index in [1.54, 1.807) is 0 Å². The summed E-state index contributed by atoms with van der Waals surface area (Å²) in [4.78, 5) is 11.0. The minimum absolute atomic E-state index is 0.165. The van der Waals surface area contributed by atoms with Gasteiger partial charge in [0.2, 0.25) is 0 Å². The lowest BCUT2D eigenvalue weighted by atomic mass is 10.1. The van der Waals surface area contributed by atoms with Crippen LogP contribution in [0.1, 0.15) is 29.8 Å². The van der Waals surface area contributed by atoms with Gasteiger partial charge in [-0.05, 0) is 32.0 Å². The van der Waals surface area contributed by atoms with E-state index in [4.69, 9.17) is 5.11 Å². The number of allylic oxidation sites excluding steroid dienone is 1. The molecule has 1 rings (SSSR count). The third-order valence-corrected chi connectivity index (χ3v) is 2.38. The minimum atomic E-state index is -4.55. The van der Waals surface area contributed by atoms with Crippen LogP contribution in [0.25, 0.3) is 0 Å². The molecule has 3 nitrogen and oxygen atoms in total. The van der Waals surface area contributed by atoms with Gasteiger partial charge in [-0.25, -0.2) is 4.79 Å². The number of hydrogen-bond acceptors (Lipinski definition) is 2. The number of benzene rings is 1. The van der Waals surface area contributed by atoms with Crippen LogP contribution in [-0.2, 0) is 6.18 Å². The molecule has 0 saturated carbocycles. The quantitative estimate of drug-likeness (QED) is 0.821. The highest BCUT2D eigenvalue weighted by Gasteiger charge is 2.31. The number of nitrogens with one attached hydrogen (secondary N) is 1. The molecular weight excluding hydrogens is 259 g/mol. The van der Waals surface area contributed by atoms with Crippen molar-refractivity contribution in [3.8, 4) is 0 Å². The van der Waals surface area contributed by atoms with Crippen molar-refractivity contribution in [3.05, 3.63) is 41.0 Å². The number of aromatic carboxylic acids is 1. The molecular formula is C13H14F3NO2. The maximum absolute atomic E-state index is 12.5. The van der Waals surface area contributed by atoms with Crippen molar-refractivity contribution in [1.82, 2.24) is 0 Å². The molecule has 0 fully saturated rings. The summed E-state index contributed by atoms with van der Waals surface area (Å²) in [5.74, 6) is -1.40. The second-order valence-electron chi connectivity index (χ2n) is 4.23. The molecule has 0 spiro atoms. The summed E-state index contributed by atoms with van der Waals surface area (Å²) >= 11 is 0. The molecule has 19 heavy (non-hydrogen) atoms. The summed E-state index contributed by atoms with van der Waals surface area (Å²) in [6.07, 6.45) is -2.74. The van der Waals surface area contributed by atoms with Gasteiger partial charge in [-0.3, -0.25) is 0 Å². The molecule has 104 valence electrons. The predicted octanol–water partition coefficient (Wildman–Crippen LogP) is 3.78. The Balaban J connectivity index is 3.06. The first kappa shape index (κ1) is 15.1. The summed E-state index contributed by atoms with van der Waals surface area (Å²) in [5, 5.41) is 11.7. The molecule has 1 aromatic rings. The third kappa shape index (κ3) is 4.31. The number of anilines is 1. The van der Waals surface area contributed by atoms with Crippen LogP contribution in [0.2, 0.25) is 0 Å². The molecule has 0 unspecified atom stereocenters. The Kier molecular flexibility index (Phi) is 4.58. The van der Waals surface area contributed by atoms with Crippen LogP contribution >= 0.6 is 0 Å². The van der Waals surface area contributed by atoms with Crippen LogP contribution in [0.3, 0.4) is 0 Å². The number of carbonyl (C=O) groups is 1. The largest absolute Gasteiger partial charge is 0.478 e. The van der Waals surface area contributed by atoms with Gasteiger partial charge in [0.1, 0.15) is 0 Å². The number of carboxylic acid groups (broad SMARTS) is 1. The number of alkyl halides is 3. The first-order chi connectivity index (χ1) is 8.71. The zero-order valence-electron chi connectivity index (χ0n) is 10.5. The van der Waals surface area contributed by atoms with E-state index in [1.165, 1.54) is 0 Å². The van der Waals surface area contributed by atoms with Crippen LogP contribution in [0.5, 0.6) is 0 Å². The van der Waals surface area contributed by atoms with Gasteiger partial charge in [-0.15, -0.1) is 0 Å². The molecule has 0 aliphatic rings. The van der Waals surface area contributed by atoms with Gasteiger partial charge >= 0.3 is 12.1 Å². The second kappa shape index (κ2) is 5.77. The summed E-state index contributed by atoms with van der Waals surface area (Å²) in [7, 11) is 0. The fraction of sp³-hybridized carbons (Fsp3) is 0.308. The van der Waals surface area contributed by atoms with E-state index in [0.717, 1.165) is 17.7 Å². The van der Waals surface area contributed by atoms with E-state index in [9.17, 15) is 18.0 Å². The normalized spacial score (nSPS) is 11.0. The fourth-order valence-corrected chi connectivity index (χ4v) is 1.42. The highest BCUT2D eigenvalue weighted by atomic mass is 19.4. The highest BCUT2D eigenvalue weighted by molar-refractivity contribution is 5.94. The Hall–Kier alpha value is -1.98.